The number of benzene rings is 2. The minimum absolute atomic E-state index is 0.0970. The molecule has 3 aromatic rings. The predicted molar refractivity (Wildman–Crippen MR) is 107 cm³/mol. The summed E-state index contributed by atoms with van der Waals surface area (Å²) in [5, 5.41) is 0. The van der Waals surface area contributed by atoms with E-state index in [1.54, 1.807) is 16.2 Å². The fraction of sp³-hybridized carbons (Fsp3) is 0.190. The Kier molecular flexibility index (Phi) is 4.48. The topological polar surface area (TPSA) is 20.3 Å². The predicted octanol–water partition coefficient (Wildman–Crippen LogP) is 5.55. The fourth-order valence-corrected chi connectivity index (χ4v) is 4.83. The Labute approximate surface area is 160 Å². The molecular weight excluding hydrogens is 394 g/mol. The highest BCUT2D eigenvalue weighted by atomic mass is 79.9. The first kappa shape index (κ1) is 16.6. The average molecular weight is 412 g/mol. The molecule has 2 nitrogen and oxygen atoms in total. The van der Waals surface area contributed by atoms with E-state index >= 15 is 0 Å². The zero-order valence-corrected chi connectivity index (χ0v) is 16.4. The third kappa shape index (κ3) is 3.29. The summed E-state index contributed by atoms with van der Waals surface area (Å²) in [7, 11) is 1.87. The molecule has 1 heterocycles. The minimum atomic E-state index is 0.0970. The van der Waals surface area contributed by atoms with Gasteiger partial charge < -0.3 is 4.90 Å². The summed E-state index contributed by atoms with van der Waals surface area (Å²) < 4.78 is 1.05. The number of aryl methyl sites for hydroxylation is 2. The van der Waals surface area contributed by atoms with E-state index in [1.807, 2.05) is 31.3 Å². The molecule has 4 rings (SSSR count). The molecule has 0 aliphatic heterocycles. The van der Waals surface area contributed by atoms with Crippen molar-refractivity contribution in [1.29, 1.82) is 0 Å². The Morgan fingerprint density at radius 3 is 2.60 bits per heavy atom. The van der Waals surface area contributed by atoms with Crippen LogP contribution in [0.1, 0.15) is 26.4 Å². The van der Waals surface area contributed by atoms with Gasteiger partial charge in [0.1, 0.15) is 0 Å². The normalized spacial score (nSPS) is 12.4. The second-order valence-electron chi connectivity index (χ2n) is 6.41. The van der Waals surface area contributed by atoms with Crippen molar-refractivity contribution in [2.24, 2.45) is 0 Å². The van der Waals surface area contributed by atoms with Crippen LogP contribution in [0, 0.1) is 0 Å². The second kappa shape index (κ2) is 6.77. The van der Waals surface area contributed by atoms with Crippen molar-refractivity contribution in [2.75, 3.05) is 7.05 Å². The highest BCUT2D eigenvalue weighted by molar-refractivity contribution is 9.10. The number of nitrogens with zero attached hydrogens (tertiary/aromatic N) is 1. The van der Waals surface area contributed by atoms with Gasteiger partial charge in [0.15, 0.2) is 0 Å². The van der Waals surface area contributed by atoms with Crippen molar-refractivity contribution in [3.05, 3.63) is 80.6 Å². The first-order valence-electron chi connectivity index (χ1n) is 8.33. The molecule has 25 heavy (non-hydrogen) atoms. The number of carbonyl (C=O) groups excluding carboxylic acids is 1. The highest BCUT2D eigenvalue weighted by Gasteiger charge is 2.22. The van der Waals surface area contributed by atoms with Crippen LogP contribution in [0.25, 0.3) is 10.4 Å². The lowest BCUT2D eigenvalue weighted by Gasteiger charge is -2.16. The summed E-state index contributed by atoms with van der Waals surface area (Å²) in [6.07, 6.45) is 2.08. The van der Waals surface area contributed by atoms with E-state index in [0.29, 0.717) is 6.54 Å². The van der Waals surface area contributed by atoms with Crippen LogP contribution in [0.3, 0.4) is 0 Å². The molecule has 0 saturated heterocycles. The van der Waals surface area contributed by atoms with Crippen molar-refractivity contribution in [1.82, 2.24) is 4.90 Å². The van der Waals surface area contributed by atoms with Gasteiger partial charge in [-0.1, -0.05) is 52.3 Å². The molecule has 126 valence electrons. The van der Waals surface area contributed by atoms with E-state index in [9.17, 15) is 4.79 Å². The zero-order chi connectivity index (χ0) is 17.4. The van der Waals surface area contributed by atoms with Crippen LogP contribution in [0.2, 0.25) is 0 Å². The van der Waals surface area contributed by atoms with E-state index < -0.39 is 0 Å². The Hall–Kier alpha value is -1.91. The Balaban J connectivity index is 1.57. The van der Waals surface area contributed by atoms with Crippen LogP contribution >= 0.6 is 27.3 Å². The third-order valence-electron chi connectivity index (χ3n) is 4.63. The summed E-state index contributed by atoms with van der Waals surface area (Å²) >= 11 is 5.07. The van der Waals surface area contributed by atoms with Gasteiger partial charge in [-0.05, 0) is 53.3 Å². The molecule has 1 aliphatic carbocycles. The quantitative estimate of drug-likeness (QED) is 0.553. The molecule has 0 bridgehead atoms. The maximum atomic E-state index is 12.9. The zero-order valence-electron chi connectivity index (χ0n) is 14.0. The molecule has 0 unspecified atom stereocenters. The third-order valence-corrected chi connectivity index (χ3v) is 6.35. The largest absolute Gasteiger partial charge is 0.337 e. The molecule has 1 aromatic heterocycles. The van der Waals surface area contributed by atoms with Crippen LogP contribution in [0.4, 0.5) is 0 Å². The van der Waals surface area contributed by atoms with Crippen molar-refractivity contribution in [3.8, 4) is 10.4 Å². The standard InChI is InChI=1S/C21H18BrNOS/c1-23(13-14-6-10-17(22)11-7-14)21(24)19-12-16-9-8-15-4-2-3-5-18(15)20(16)25-19/h2-7,10-12H,8-9,13H2,1H3. The average Bonchev–Trinajstić information content (AvgIpc) is 3.07. The van der Waals surface area contributed by atoms with Gasteiger partial charge >= 0.3 is 0 Å². The molecule has 1 amide bonds. The number of hydrogen-bond donors (Lipinski definition) is 0. The van der Waals surface area contributed by atoms with Crippen LogP contribution in [-0.4, -0.2) is 17.9 Å². The van der Waals surface area contributed by atoms with Gasteiger partial charge in [0.05, 0.1) is 4.88 Å². The molecule has 0 spiro atoms. The second-order valence-corrected chi connectivity index (χ2v) is 8.38. The molecule has 0 saturated carbocycles. The molecule has 4 heteroatoms. The summed E-state index contributed by atoms with van der Waals surface area (Å²) in [4.78, 5) is 16.8. The van der Waals surface area contributed by atoms with Gasteiger partial charge in [-0.15, -0.1) is 11.3 Å². The molecule has 0 radical (unpaired) electrons. The maximum Gasteiger partial charge on any atom is 0.263 e. The molecular formula is C21H18BrNOS. The molecule has 2 aromatic carbocycles. The SMILES string of the molecule is CN(Cc1ccc(Br)cc1)C(=O)c1cc2c(s1)-c1ccccc1CC2. The van der Waals surface area contributed by atoms with E-state index in [0.717, 1.165) is 27.8 Å². The van der Waals surface area contributed by atoms with Crippen molar-refractivity contribution < 1.29 is 4.79 Å². The highest BCUT2D eigenvalue weighted by Crippen LogP contribution is 2.39. The smallest absolute Gasteiger partial charge is 0.263 e. The van der Waals surface area contributed by atoms with Gasteiger partial charge in [0.25, 0.3) is 5.91 Å². The van der Waals surface area contributed by atoms with Gasteiger partial charge in [-0.2, -0.15) is 0 Å². The number of rotatable bonds is 3. The number of thiophene rings is 1. The number of halogens is 1. The minimum Gasteiger partial charge on any atom is -0.337 e. The lowest BCUT2D eigenvalue weighted by Crippen LogP contribution is -2.25. The number of hydrogen-bond acceptors (Lipinski definition) is 2. The van der Waals surface area contributed by atoms with Crippen LogP contribution in [-0.2, 0) is 19.4 Å². The first-order chi connectivity index (χ1) is 12.1. The van der Waals surface area contributed by atoms with E-state index in [-0.39, 0.29) is 5.91 Å². The van der Waals surface area contributed by atoms with E-state index in [4.69, 9.17) is 0 Å². The number of fused-ring (bicyclic) bond motifs is 3. The van der Waals surface area contributed by atoms with Crippen molar-refractivity contribution >= 4 is 33.2 Å². The Morgan fingerprint density at radius 2 is 1.80 bits per heavy atom. The van der Waals surface area contributed by atoms with E-state index in [1.165, 1.54) is 21.6 Å². The summed E-state index contributed by atoms with van der Waals surface area (Å²) in [5.74, 6) is 0.0970. The van der Waals surface area contributed by atoms with Crippen LogP contribution in [0.5, 0.6) is 0 Å². The molecule has 0 atom stereocenters. The van der Waals surface area contributed by atoms with Gasteiger partial charge in [0.2, 0.25) is 0 Å². The van der Waals surface area contributed by atoms with Crippen LogP contribution in [0.15, 0.2) is 59.1 Å². The summed E-state index contributed by atoms with van der Waals surface area (Å²) in [6, 6.07) is 18.7. The van der Waals surface area contributed by atoms with Gasteiger partial charge in [-0.25, -0.2) is 0 Å². The number of carbonyl (C=O) groups is 1. The molecule has 0 fully saturated rings. The van der Waals surface area contributed by atoms with Crippen LogP contribution < -0.4 is 0 Å². The Bertz CT molecular complexity index is 929. The maximum absolute atomic E-state index is 12.9. The van der Waals surface area contributed by atoms with Gasteiger partial charge in [0, 0.05) is 22.9 Å². The summed E-state index contributed by atoms with van der Waals surface area (Å²) in [6.45, 7) is 0.616. The molecule has 0 N–H and O–H groups in total. The molecule has 1 aliphatic rings. The first-order valence-corrected chi connectivity index (χ1v) is 9.93. The van der Waals surface area contributed by atoms with Crippen molar-refractivity contribution in [2.45, 2.75) is 19.4 Å². The fourth-order valence-electron chi connectivity index (χ4n) is 3.30. The Morgan fingerprint density at radius 1 is 1.08 bits per heavy atom. The van der Waals surface area contributed by atoms with Crippen molar-refractivity contribution in [3.63, 3.8) is 0 Å². The van der Waals surface area contributed by atoms with E-state index in [2.05, 4.69) is 46.3 Å². The monoisotopic (exact) mass is 411 g/mol. The summed E-state index contributed by atoms with van der Waals surface area (Å²) in [5.41, 5.74) is 5.12. The van der Waals surface area contributed by atoms with Gasteiger partial charge in [-0.3, -0.25) is 4.79 Å². The lowest BCUT2D eigenvalue weighted by molar-refractivity contribution is 0.0790. The lowest BCUT2D eigenvalue weighted by atomic mass is 9.91. The number of amides is 1.